The fourth-order valence-corrected chi connectivity index (χ4v) is 2.51. The monoisotopic (exact) mass is 240 g/mol. The Bertz CT molecular complexity index is 573. The van der Waals surface area contributed by atoms with E-state index < -0.39 is 0 Å². The third-order valence-electron chi connectivity index (χ3n) is 3.52. The van der Waals surface area contributed by atoms with E-state index in [9.17, 15) is 4.79 Å². The number of nitrogens with zero attached hydrogens (tertiary/aromatic N) is 1. The van der Waals surface area contributed by atoms with Crippen molar-refractivity contribution in [2.24, 2.45) is 0 Å². The van der Waals surface area contributed by atoms with E-state index in [0.717, 1.165) is 29.4 Å². The first-order valence-corrected chi connectivity index (χ1v) is 6.44. The first kappa shape index (κ1) is 11.4. The highest BCUT2D eigenvalue weighted by molar-refractivity contribution is 5.99. The quantitative estimate of drug-likeness (QED) is 0.838. The number of rotatable bonds is 3. The fourth-order valence-electron chi connectivity index (χ4n) is 2.51. The number of hydrogen-bond donors (Lipinski definition) is 1. The SMILES string of the molecule is O=C(CC1CCCN1)c1ccc2cccnc2c1. The van der Waals surface area contributed by atoms with E-state index in [1.54, 1.807) is 6.20 Å². The molecule has 0 amide bonds. The third kappa shape index (κ3) is 2.27. The summed E-state index contributed by atoms with van der Waals surface area (Å²) in [5.74, 6) is 0.210. The van der Waals surface area contributed by atoms with Crippen LogP contribution >= 0.6 is 0 Å². The minimum Gasteiger partial charge on any atom is -0.314 e. The zero-order valence-electron chi connectivity index (χ0n) is 10.2. The average Bonchev–Trinajstić information content (AvgIpc) is 2.91. The van der Waals surface area contributed by atoms with E-state index in [1.165, 1.54) is 6.42 Å². The van der Waals surface area contributed by atoms with Crippen LogP contribution in [0.15, 0.2) is 36.5 Å². The van der Waals surface area contributed by atoms with Gasteiger partial charge in [0, 0.05) is 29.6 Å². The first-order chi connectivity index (χ1) is 8.83. The summed E-state index contributed by atoms with van der Waals surface area (Å²) in [4.78, 5) is 16.5. The van der Waals surface area contributed by atoms with Gasteiger partial charge >= 0.3 is 0 Å². The molecule has 3 nitrogen and oxygen atoms in total. The number of carbonyl (C=O) groups excluding carboxylic acids is 1. The number of Topliss-reactive ketones (excluding diaryl/α,β-unsaturated/α-hetero) is 1. The van der Waals surface area contributed by atoms with Crippen molar-refractivity contribution < 1.29 is 4.79 Å². The molecule has 1 aromatic heterocycles. The maximum atomic E-state index is 12.2. The van der Waals surface area contributed by atoms with E-state index in [0.29, 0.717) is 12.5 Å². The molecule has 2 aromatic rings. The molecule has 0 spiro atoms. The van der Waals surface area contributed by atoms with Gasteiger partial charge in [-0.15, -0.1) is 0 Å². The predicted octanol–water partition coefficient (Wildman–Crippen LogP) is 2.56. The lowest BCUT2D eigenvalue weighted by Gasteiger charge is -2.09. The number of hydrogen-bond acceptors (Lipinski definition) is 3. The second-order valence-electron chi connectivity index (χ2n) is 4.83. The van der Waals surface area contributed by atoms with Gasteiger partial charge in [0.05, 0.1) is 5.52 Å². The summed E-state index contributed by atoms with van der Waals surface area (Å²) in [6.45, 7) is 1.04. The van der Waals surface area contributed by atoms with E-state index in [2.05, 4.69) is 10.3 Å². The molecular weight excluding hydrogens is 224 g/mol. The highest BCUT2D eigenvalue weighted by Crippen LogP contribution is 2.17. The van der Waals surface area contributed by atoms with Gasteiger partial charge < -0.3 is 5.32 Å². The van der Waals surface area contributed by atoms with Gasteiger partial charge in [-0.1, -0.05) is 18.2 Å². The molecular formula is C15H16N2O. The molecule has 3 rings (SSSR count). The molecule has 1 atom stereocenters. The van der Waals surface area contributed by atoms with Crippen LogP contribution in [0.3, 0.4) is 0 Å². The largest absolute Gasteiger partial charge is 0.314 e. The number of ketones is 1. The molecule has 1 aliphatic heterocycles. The summed E-state index contributed by atoms with van der Waals surface area (Å²) in [5.41, 5.74) is 1.66. The summed E-state index contributed by atoms with van der Waals surface area (Å²) in [6.07, 6.45) is 4.64. The van der Waals surface area contributed by atoms with Crippen LogP contribution in [0.5, 0.6) is 0 Å². The van der Waals surface area contributed by atoms with Gasteiger partial charge in [-0.2, -0.15) is 0 Å². The Morgan fingerprint density at radius 1 is 1.39 bits per heavy atom. The van der Waals surface area contributed by atoms with Crippen LogP contribution in [-0.4, -0.2) is 23.4 Å². The highest BCUT2D eigenvalue weighted by atomic mass is 16.1. The molecule has 1 saturated heterocycles. The maximum Gasteiger partial charge on any atom is 0.164 e. The molecule has 1 aromatic carbocycles. The average molecular weight is 240 g/mol. The van der Waals surface area contributed by atoms with Crippen molar-refractivity contribution in [2.45, 2.75) is 25.3 Å². The van der Waals surface area contributed by atoms with Crippen LogP contribution in [0.25, 0.3) is 10.9 Å². The minimum absolute atomic E-state index is 0.210. The van der Waals surface area contributed by atoms with E-state index in [-0.39, 0.29) is 5.78 Å². The van der Waals surface area contributed by atoms with Crippen molar-refractivity contribution in [2.75, 3.05) is 6.54 Å². The van der Waals surface area contributed by atoms with Crippen LogP contribution in [0.2, 0.25) is 0 Å². The number of pyridine rings is 1. The maximum absolute atomic E-state index is 12.2. The number of nitrogens with one attached hydrogen (secondary N) is 1. The molecule has 2 heterocycles. The van der Waals surface area contributed by atoms with Gasteiger partial charge in [0.15, 0.2) is 5.78 Å². The summed E-state index contributed by atoms with van der Waals surface area (Å²) in [6, 6.07) is 10.0. The van der Waals surface area contributed by atoms with Crippen LogP contribution < -0.4 is 5.32 Å². The summed E-state index contributed by atoms with van der Waals surface area (Å²) in [7, 11) is 0. The van der Waals surface area contributed by atoms with Crippen molar-refractivity contribution in [3.8, 4) is 0 Å². The first-order valence-electron chi connectivity index (χ1n) is 6.44. The molecule has 0 bridgehead atoms. The molecule has 1 N–H and O–H groups in total. The van der Waals surface area contributed by atoms with Crippen molar-refractivity contribution in [3.05, 3.63) is 42.1 Å². The Kier molecular flexibility index (Phi) is 3.07. The van der Waals surface area contributed by atoms with Gasteiger partial charge in [0.25, 0.3) is 0 Å². The Morgan fingerprint density at radius 3 is 3.17 bits per heavy atom. The van der Waals surface area contributed by atoms with Gasteiger partial charge in [-0.3, -0.25) is 9.78 Å². The number of aromatic nitrogens is 1. The molecule has 1 aliphatic rings. The van der Waals surface area contributed by atoms with Gasteiger partial charge in [-0.05, 0) is 31.5 Å². The molecule has 18 heavy (non-hydrogen) atoms. The second-order valence-corrected chi connectivity index (χ2v) is 4.83. The summed E-state index contributed by atoms with van der Waals surface area (Å²) >= 11 is 0. The Morgan fingerprint density at radius 2 is 2.33 bits per heavy atom. The molecule has 0 aliphatic carbocycles. The van der Waals surface area contributed by atoms with Crippen LogP contribution in [0, 0.1) is 0 Å². The van der Waals surface area contributed by atoms with E-state index in [4.69, 9.17) is 0 Å². The summed E-state index contributed by atoms with van der Waals surface area (Å²) in [5, 5.41) is 4.43. The topological polar surface area (TPSA) is 42.0 Å². The number of fused-ring (bicyclic) bond motifs is 1. The van der Waals surface area contributed by atoms with E-state index >= 15 is 0 Å². The lowest BCUT2D eigenvalue weighted by molar-refractivity contribution is 0.0972. The van der Waals surface area contributed by atoms with Gasteiger partial charge in [0.1, 0.15) is 0 Å². The summed E-state index contributed by atoms with van der Waals surface area (Å²) < 4.78 is 0. The Balaban J connectivity index is 1.82. The van der Waals surface area contributed by atoms with Crippen LogP contribution in [0.4, 0.5) is 0 Å². The molecule has 1 fully saturated rings. The molecule has 92 valence electrons. The number of carbonyl (C=O) groups is 1. The lowest BCUT2D eigenvalue weighted by Crippen LogP contribution is -2.24. The van der Waals surface area contributed by atoms with E-state index in [1.807, 2.05) is 30.3 Å². The van der Waals surface area contributed by atoms with Crippen molar-refractivity contribution in [1.29, 1.82) is 0 Å². The molecule has 0 radical (unpaired) electrons. The van der Waals surface area contributed by atoms with Crippen molar-refractivity contribution in [1.82, 2.24) is 10.3 Å². The second kappa shape index (κ2) is 4.86. The Hall–Kier alpha value is -1.74. The van der Waals surface area contributed by atoms with Crippen molar-refractivity contribution in [3.63, 3.8) is 0 Å². The zero-order chi connectivity index (χ0) is 12.4. The standard InChI is InChI=1S/C15H16N2O/c18-15(10-13-4-2-7-16-13)12-6-5-11-3-1-8-17-14(11)9-12/h1,3,5-6,8-9,13,16H,2,4,7,10H2. The zero-order valence-corrected chi connectivity index (χ0v) is 10.2. The third-order valence-corrected chi connectivity index (χ3v) is 3.52. The van der Waals surface area contributed by atoms with Crippen molar-refractivity contribution >= 4 is 16.7 Å². The normalized spacial score (nSPS) is 19.2. The predicted molar refractivity (Wildman–Crippen MR) is 71.7 cm³/mol. The highest BCUT2D eigenvalue weighted by Gasteiger charge is 2.18. The smallest absolute Gasteiger partial charge is 0.164 e. The molecule has 1 unspecified atom stereocenters. The number of benzene rings is 1. The van der Waals surface area contributed by atoms with Gasteiger partial charge in [0.2, 0.25) is 0 Å². The molecule has 0 saturated carbocycles. The lowest BCUT2D eigenvalue weighted by atomic mass is 10.0. The van der Waals surface area contributed by atoms with Crippen LogP contribution in [0.1, 0.15) is 29.6 Å². The molecule has 3 heteroatoms. The van der Waals surface area contributed by atoms with Gasteiger partial charge in [-0.25, -0.2) is 0 Å². The fraction of sp³-hybridized carbons (Fsp3) is 0.333. The minimum atomic E-state index is 0.210. The Labute approximate surface area is 106 Å². The van der Waals surface area contributed by atoms with Crippen LogP contribution in [-0.2, 0) is 0 Å².